The molecular formula is C24H30N2O3S. The second-order valence-electron chi connectivity index (χ2n) is 8.37. The predicted molar refractivity (Wildman–Crippen MR) is 117 cm³/mol. The molecule has 160 valence electrons. The second-order valence-corrected chi connectivity index (χ2v) is 10.3. The number of hydrogen-bond donors (Lipinski definition) is 1. The standard InChI is InChI=1S/C24H30N2O3S/c27-24(25-23-17-9-11-19-10-7-8-16-22(19)23)18-26(20-12-3-1-4-13-20)30(28,29)21-14-5-2-6-15-21/h2,5-8,10,14-16,20,23H,1,3-4,9,11-13,17-18H2,(H,25,27)/t23-/m1/s1. The zero-order valence-corrected chi connectivity index (χ0v) is 18.1. The fourth-order valence-electron chi connectivity index (χ4n) is 4.79. The van der Waals surface area contributed by atoms with E-state index in [0.29, 0.717) is 0 Å². The largest absolute Gasteiger partial charge is 0.348 e. The third kappa shape index (κ3) is 4.60. The topological polar surface area (TPSA) is 66.5 Å². The minimum absolute atomic E-state index is 0.0462. The van der Waals surface area contributed by atoms with E-state index in [4.69, 9.17) is 0 Å². The lowest BCUT2D eigenvalue weighted by Gasteiger charge is -2.34. The van der Waals surface area contributed by atoms with Crippen LogP contribution < -0.4 is 5.32 Å². The zero-order valence-electron chi connectivity index (χ0n) is 17.3. The predicted octanol–water partition coefficient (Wildman–Crippen LogP) is 4.20. The number of carbonyl (C=O) groups is 1. The van der Waals surface area contributed by atoms with Crippen LogP contribution in [0.5, 0.6) is 0 Å². The quantitative estimate of drug-likeness (QED) is 0.753. The fourth-order valence-corrected chi connectivity index (χ4v) is 6.45. The molecule has 0 unspecified atom stereocenters. The number of nitrogens with zero attached hydrogens (tertiary/aromatic N) is 1. The first-order valence-electron chi connectivity index (χ1n) is 11.0. The molecule has 0 spiro atoms. The van der Waals surface area contributed by atoms with Gasteiger partial charge in [-0.25, -0.2) is 8.42 Å². The number of sulfonamides is 1. The molecule has 2 aliphatic rings. The van der Waals surface area contributed by atoms with Crippen molar-refractivity contribution in [2.75, 3.05) is 6.54 Å². The summed E-state index contributed by atoms with van der Waals surface area (Å²) in [4.78, 5) is 13.3. The van der Waals surface area contributed by atoms with E-state index in [-0.39, 0.29) is 29.4 Å². The number of rotatable bonds is 6. The van der Waals surface area contributed by atoms with Crippen LogP contribution in [0, 0.1) is 0 Å². The summed E-state index contributed by atoms with van der Waals surface area (Å²) < 4.78 is 28.3. The van der Waals surface area contributed by atoms with Crippen molar-refractivity contribution < 1.29 is 13.2 Å². The Hall–Kier alpha value is -2.18. The molecular weight excluding hydrogens is 396 g/mol. The molecule has 0 radical (unpaired) electrons. The van der Waals surface area contributed by atoms with Crippen molar-refractivity contribution in [3.63, 3.8) is 0 Å². The lowest BCUT2D eigenvalue weighted by molar-refractivity contribution is -0.122. The monoisotopic (exact) mass is 426 g/mol. The van der Waals surface area contributed by atoms with Crippen molar-refractivity contribution in [2.24, 2.45) is 0 Å². The number of hydrogen-bond acceptors (Lipinski definition) is 3. The number of aryl methyl sites for hydroxylation is 1. The Morgan fingerprint density at radius 1 is 0.900 bits per heavy atom. The maximum Gasteiger partial charge on any atom is 0.243 e. The Morgan fingerprint density at radius 2 is 1.60 bits per heavy atom. The summed E-state index contributed by atoms with van der Waals surface area (Å²) in [7, 11) is -3.72. The number of fused-ring (bicyclic) bond motifs is 1. The molecule has 1 atom stereocenters. The van der Waals surface area contributed by atoms with Gasteiger partial charge in [0, 0.05) is 6.04 Å². The Labute approximate surface area is 179 Å². The highest BCUT2D eigenvalue weighted by atomic mass is 32.2. The van der Waals surface area contributed by atoms with Gasteiger partial charge in [0.25, 0.3) is 0 Å². The van der Waals surface area contributed by atoms with Gasteiger partial charge in [0.15, 0.2) is 0 Å². The summed E-state index contributed by atoms with van der Waals surface area (Å²) in [5.41, 5.74) is 2.43. The van der Waals surface area contributed by atoms with Gasteiger partial charge in [-0.1, -0.05) is 61.7 Å². The van der Waals surface area contributed by atoms with Crippen molar-refractivity contribution in [3.05, 3.63) is 65.7 Å². The summed E-state index contributed by atoms with van der Waals surface area (Å²) in [6.45, 7) is -0.124. The molecule has 1 amide bonds. The third-order valence-corrected chi connectivity index (χ3v) is 8.25. The molecule has 0 aliphatic heterocycles. The van der Waals surface area contributed by atoms with E-state index in [1.807, 2.05) is 12.1 Å². The number of benzene rings is 2. The Bertz CT molecular complexity index is 969. The average molecular weight is 427 g/mol. The highest BCUT2D eigenvalue weighted by molar-refractivity contribution is 7.89. The molecule has 4 rings (SSSR count). The van der Waals surface area contributed by atoms with E-state index in [2.05, 4.69) is 17.4 Å². The molecule has 2 aliphatic carbocycles. The van der Waals surface area contributed by atoms with Crippen LogP contribution in [0.4, 0.5) is 0 Å². The lowest BCUT2D eigenvalue weighted by Crippen LogP contribution is -2.47. The maximum atomic E-state index is 13.4. The van der Waals surface area contributed by atoms with Crippen molar-refractivity contribution in [2.45, 2.75) is 68.3 Å². The van der Waals surface area contributed by atoms with Gasteiger partial charge in [-0.3, -0.25) is 4.79 Å². The molecule has 1 N–H and O–H groups in total. The van der Waals surface area contributed by atoms with Crippen molar-refractivity contribution in [1.29, 1.82) is 0 Å². The molecule has 2 aromatic carbocycles. The third-order valence-electron chi connectivity index (χ3n) is 6.34. The molecule has 30 heavy (non-hydrogen) atoms. The molecule has 6 heteroatoms. The van der Waals surface area contributed by atoms with Gasteiger partial charge in [-0.05, 0) is 55.4 Å². The summed E-state index contributed by atoms with van der Waals surface area (Å²) in [5, 5.41) is 3.12. The van der Waals surface area contributed by atoms with E-state index >= 15 is 0 Å². The smallest absolute Gasteiger partial charge is 0.243 e. The molecule has 0 saturated heterocycles. The molecule has 5 nitrogen and oxygen atoms in total. The lowest BCUT2D eigenvalue weighted by atomic mass is 9.88. The minimum Gasteiger partial charge on any atom is -0.348 e. The van der Waals surface area contributed by atoms with E-state index in [9.17, 15) is 13.2 Å². The number of nitrogens with one attached hydrogen (secondary N) is 1. The van der Waals surface area contributed by atoms with Crippen LogP contribution in [-0.4, -0.2) is 31.2 Å². The van der Waals surface area contributed by atoms with E-state index in [1.165, 1.54) is 9.87 Å². The molecule has 1 fully saturated rings. The molecule has 0 bridgehead atoms. The Morgan fingerprint density at radius 3 is 2.37 bits per heavy atom. The van der Waals surface area contributed by atoms with E-state index in [0.717, 1.165) is 56.9 Å². The van der Waals surface area contributed by atoms with E-state index < -0.39 is 10.0 Å². The van der Waals surface area contributed by atoms with Crippen LogP contribution in [0.2, 0.25) is 0 Å². The van der Waals surface area contributed by atoms with Crippen molar-refractivity contribution >= 4 is 15.9 Å². The minimum atomic E-state index is -3.72. The van der Waals surface area contributed by atoms with Gasteiger partial charge in [-0.15, -0.1) is 0 Å². The molecule has 2 aromatic rings. The van der Waals surface area contributed by atoms with Gasteiger partial charge in [0.05, 0.1) is 17.5 Å². The maximum absolute atomic E-state index is 13.4. The highest BCUT2D eigenvalue weighted by Gasteiger charge is 2.34. The first-order chi connectivity index (χ1) is 14.6. The van der Waals surface area contributed by atoms with E-state index in [1.54, 1.807) is 30.3 Å². The molecule has 0 aromatic heterocycles. The summed E-state index contributed by atoms with van der Waals surface area (Å²) in [5.74, 6) is -0.221. The van der Waals surface area contributed by atoms with Crippen LogP contribution in [0.1, 0.15) is 62.1 Å². The van der Waals surface area contributed by atoms with Gasteiger partial charge in [0.2, 0.25) is 15.9 Å². The summed E-state index contributed by atoms with van der Waals surface area (Å²) in [6.07, 6.45) is 7.69. The van der Waals surface area contributed by atoms with Crippen molar-refractivity contribution in [3.8, 4) is 0 Å². The second kappa shape index (κ2) is 9.31. The average Bonchev–Trinajstić information content (AvgIpc) is 2.79. The summed E-state index contributed by atoms with van der Waals surface area (Å²) >= 11 is 0. The van der Waals surface area contributed by atoms with Crippen LogP contribution in [-0.2, 0) is 21.2 Å². The summed E-state index contributed by atoms with van der Waals surface area (Å²) in [6, 6.07) is 16.5. The first kappa shape index (κ1) is 21.1. The zero-order chi connectivity index (χ0) is 21.0. The van der Waals surface area contributed by atoms with Gasteiger partial charge in [-0.2, -0.15) is 4.31 Å². The normalized spacial score (nSPS) is 20.0. The highest BCUT2D eigenvalue weighted by Crippen LogP contribution is 2.30. The Kier molecular flexibility index (Phi) is 6.54. The van der Waals surface area contributed by atoms with Crippen molar-refractivity contribution in [1.82, 2.24) is 9.62 Å². The Balaban J connectivity index is 1.54. The molecule has 0 heterocycles. The van der Waals surface area contributed by atoms with Gasteiger partial charge in [0.1, 0.15) is 0 Å². The number of carbonyl (C=O) groups excluding carboxylic acids is 1. The van der Waals surface area contributed by atoms with Gasteiger partial charge < -0.3 is 5.32 Å². The van der Waals surface area contributed by atoms with Crippen LogP contribution >= 0.6 is 0 Å². The van der Waals surface area contributed by atoms with Crippen LogP contribution in [0.25, 0.3) is 0 Å². The van der Waals surface area contributed by atoms with Gasteiger partial charge >= 0.3 is 0 Å². The fraction of sp³-hybridized carbons (Fsp3) is 0.458. The number of amides is 1. The SMILES string of the molecule is O=C(CN(C1CCCCC1)S(=O)(=O)c1ccccc1)N[C@@H]1CCCc2ccccc21. The molecule has 1 saturated carbocycles. The van der Waals surface area contributed by atoms with Crippen LogP contribution in [0.15, 0.2) is 59.5 Å². The van der Waals surface area contributed by atoms with Crippen LogP contribution in [0.3, 0.4) is 0 Å². The first-order valence-corrected chi connectivity index (χ1v) is 12.4.